The minimum Gasteiger partial charge on any atom is -0.361 e. The van der Waals surface area contributed by atoms with Crippen LogP contribution >= 0.6 is 0 Å². The maximum atomic E-state index is 12.9. The van der Waals surface area contributed by atoms with Crippen molar-refractivity contribution in [3.8, 4) is 0 Å². The molecule has 0 saturated carbocycles. The summed E-state index contributed by atoms with van der Waals surface area (Å²) in [6.45, 7) is 2.53. The van der Waals surface area contributed by atoms with Crippen molar-refractivity contribution in [2.45, 2.75) is 25.8 Å². The summed E-state index contributed by atoms with van der Waals surface area (Å²) >= 11 is 0. The summed E-state index contributed by atoms with van der Waals surface area (Å²) in [7, 11) is 0. The zero-order valence-corrected chi connectivity index (χ0v) is 10.8. The zero-order valence-electron chi connectivity index (χ0n) is 10.8. The van der Waals surface area contributed by atoms with Crippen LogP contribution in [0, 0.1) is 11.7 Å². The molecule has 1 heterocycles. The first kappa shape index (κ1) is 13.5. The third-order valence-electron chi connectivity index (χ3n) is 3.54. The molecule has 0 aromatic heterocycles. The number of amides is 2. The standard InChI is InChI=1S/C14H17FN2O2/c1-9-2-7-12(10-3-5-11(15)6-4-10)17(8-9)14(19)13(16)18/h3-6,9,12H,2,7-8H2,1H3,(H2,16,18)/t9-,12+/m1/s1. The number of likely N-dealkylation sites (tertiary alicyclic amines) is 1. The topological polar surface area (TPSA) is 63.4 Å². The molecule has 1 saturated heterocycles. The summed E-state index contributed by atoms with van der Waals surface area (Å²) in [6.07, 6.45) is 1.72. The highest BCUT2D eigenvalue weighted by Gasteiger charge is 2.33. The fraction of sp³-hybridized carbons (Fsp3) is 0.429. The van der Waals surface area contributed by atoms with Crippen LogP contribution in [0.5, 0.6) is 0 Å². The molecule has 19 heavy (non-hydrogen) atoms. The smallest absolute Gasteiger partial charge is 0.312 e. The largest absolute Gasteiger partial charge is 0.361 e. The van der Waals surface area contributed by atoms with Crippen LogP contribution in [0.2, 0.25) is 0 Å². The summed E-state index contributed by atoms with van der Waals surface area (Å²) < 4.78 is 12.9. The molecule has 0 spiro atoms. The van der Waals surface area contributed by atoms with Crippen molar-refractivity contribution < 1.29 is 14.0 Å². The minimum absolute atomic E-state index is 0.197. The predicted octanol–water partition coefficient (Wildman–Crippen LogP) is 1.61. The van der Waals surface area contributed by atoms with Gasteiger partial charge in [0.05, 0.1) is 6.04 Å². The van der Waals surface area contributed by atoms with Crippen molar-refractivity contribution in [1.82, 2.24) is 4.90 Å². The van der Waals surface area contributed by atoms with Crippen LogP contribution in [-0.4, -0.2) is 23.3 Å². The molecular formula is C14H17FN2O2. The van der Waals surface area contributed by atoms with E-state index in [-0.39, 0.29) is 11.9 Å². The molecule has 2 atom stereocenters. The van der Waals surface area contributed by atoms with E-state index in [2.05, 4.69) is 0 Å². The van der Waals surface area contributed by atoms with E-state index in [4.69, 9.17) is 5.73 Å². The summed E-state index contributed by atoms with van der Waals surface area (Å²) in [5.41, 5.74) is 5.92. The van der Waals surface area contributed by atoms with Crippen molar-refractivity contribution in [3.05, 3.63) is 35.6 Å². The number of rotatable bonds is 1. The molecule has 0 unspecified atom stereocenters. The predicted molar refractivity (Wildman–Crippen MR) is 68.4 cm³/mol. The Morgan fingerprint density at radius 2 is 1.89 bits per heavy atom. The van der Waals surface area contributed by atoms with E-state index in [0.29, 0.717) is 12.5 Å². The van der Waals surface area contributed by atoms with Crippen LogP contribution < -0.4 is 5.73 Å². The van der Waals surface area contributed by atoms with Gasteiger partial charge >= 0.3 is 11.8 Å². The average Bonchev–Trinajstić information content (AvgIpc) is 2.39. The second-order valence-electron chi connectivity index (χ2n) is 5.07. The summed E-state index contributed by atoms with van der Waals surface area (Å²) in [5.74, 6) is -1.59. The van der Waals surface area contributed by atoms with Gasteiger partial charge in [-0.15, -0.1) is 0 Å². The molecule has 2 amide bonds. The van der Waals surface area contributed by atoms with Gasteiger partial charge in [0.2, 0.25) is 0 Å². The summed E-state index contributed by atoms with van der Waals surface area (Å²) in [5, 5.41) is 0. The van der Waals surface area contributed by atoms with Gasteiger partial charge in [-0.1, -0.05) is 19.1 Å². The number of piperidine rings is 1. The van der Waals surface area contributed by atoms with Crippen LogP contribution in [-0.2, 0) is 9.59 Å². The number of nitrogens with two attached hydrogens (primary N) is 1. The van der Waals surface area contributed by atoms with Crippen LogP contribution in [0.25, 0.3) is 0 Å². The quantitative estimate of drug-likeness (QED) is 0.783. The Bertz CT molecular complexity index is 487. The number of hydrogen-bond donors (Lipinski definition) is 1. The zero-order chi connectivity index (χ0) is 14.0. The number of halogens is 1. The molecule has 1 fully saturated rings. The maximum Gasteiger partial charge on any atom is 0.312 e. The average molecular weight is 264 g/mol. The highest BCUT2D eigenvalue weighted by molar-refractivity contribution is 6.34. The third kappa shape index (κ3) is 2.92. The molecular weight excluding hydrogens is 247 g/mol. The maximum absolute atomic E-state index is 12.9. The van der Waals surface area contributed by atoms with Gasteiger partial charge in [-0.25, -0.2) is 4.39 Å². The van der Waals surface area contributed by atoms with Gasteiger partial charge < -0.3 is 10.6 Å². The molecule has 0 aliphatic carbocycles. The van der Waals surface area contributed by atoms with Crippen molar-refractivity contribution >= 4 is 11.8 Å². The minimum atomic E-state index is -0.943. The fourth-order valence-corrected chi connectivity index (χ4v) is 2.55. The van der Waals surface area contributed by atoms with Gasteiger partial charge in [-0.3, -0.25) is 9.59 Å². The molecule has 1 aromatic carbocycles. The van der Waals surface area contributed by atoms with E-state index in [1.54, 1.807) is 12.1 Å². The lowest BCUT2D eigenvalue weighted by Crippen LogP contribution is -2.46. The lowest BCUT2D eigenvalue weighted by Gasteiger charge is -2.38. The van der Waals surface area contributed by atoms with E-state index in [9.17, 15) is 14.0 Å². The molecule has 2 rings (SSSR count). The monoisotopic (exact) mass is 264 g/mol. The highest BCUT2D eigenvalue weighted by atomic mass is 19.1. The number of hydrogen-bond acceptors (Lipinski definition) is 2. The van der Waals surface area contributed by atoms with Gasteiger partial charge in [0.25, 0.3) is 0 Å². The number of primary amides is 1. The Kier molecular flexibility index (Phi) is 3.83. The van der Waals surface area contributed by atoms with Crippen LogP contribution in [0.1, 0.15) is 31.4 Å². The number of carbonyl (C=O) groups excluding carboxylic acids is 2. The molecule has 0 radical (unpaired) electrons. The number of carbonyl (C=O) groups is 2. The molecule has 5 heteroatoms. The number of benzene rings is 1. The first-order valence-electron chi connectivity index (χ1n) is 6.35. The van der Waals surface area contributed by atoms with Crippen molar-refractivity contribution in [3.63, 3.8) is 0 Å². The van der Waals surface area contributed by atoms with Crippen molar-refractivity contribution in [2.75, 3.05) is 6.54 Å². The Hall–Kier alpha value is -1.91. The first-order valence-corrected chi connectivity index (χ1v) is 6.35. The molecule has 102 valence electrons. The normalized spacial score (nSPS) is 23.2. The van der Waals surface area contributed by atoms with E-state index < -0.39 is 11.8 Å². The van der Waals surface area contributed by atoms with Gasteiger partial charge in [-0.05, 0) is 36.5 Å². The molecule has 2 N–H and O–H groups in total. The van der Waals surface area contributed by atoms with Crippen LogP contribution in [0.4, 0.5) is 4.39 Å². The van der Waals surface area contributed by atoms with E-state index >= 15 is 0 Å². The summed E-state index contributed by atoms with van der Waals surface area (Å²) in [4.78, 5) is 24.5. The SMILES string of the molecule is C[C@@H]1CC[C@@H](c2ccc(F)cc2)N(C(=O)C(N)=O)C1. The Morgan fingerprint density at radius 3 is 2.47 bits per heavy atom. The lowest BCUT2D eigenvalue weighted by atomic mass is 9.90. The first-order chi connectivity index (χ1) is 8.99. The molecule has 0 bridgehead atoms. The lowest BCUT2D eigenvalue weighted by molar-refractivity contribution is -0.147. The van der Waals surface area contributed by atoms with Gasteiger partial charge in [0, 0.05) is 6.54 Å². The van der Waals surface area contributed by atoms with E-state index in [1.807, 2.05) is 6.92 Å². The van der Waals surface area contributed by atoms with Crippen molar-refractivity contribution in [1.29, 1.82) is 0 Å². The Morgan fingerprint density at radius 1 is 1.26 bits per heavy atom. The Labute approximate surface area is 111 Å². The van der Waals surface area contributed by atoms with E-state index in [1.165, 1.54) is 17.0 Å². The van der Waals surface area contributed by atoms with E-state index in [0.717, 1.165) is 18.4 Å². The van der Waals surface area contributed by atoms with Gasteiger partial charge in [-0.2, -0.15) is 0 Å². The number of nitrogens with zero attached hydrogens (tertiary/aromatic N) is 1. The third-order valence-corrected chi connectivity index (χ3v) is 3.54. The molecule has 4 nitrogen and oxygen atoms in total. The fourth-order valence-electron chi connectivity index (χ4n) is 2.55. The molecule has 1 aliphatic heterocycles. The second-order valence-corrected chi connectivity index (χ2v) is 5.07. The molecule has 1 aromatic rings. The second kappa shape index (κ2) is 5.38. The van der Waals surface area contributed by atoms with Crippen molar-refractivity contribution in [2.24, 2.45) is 11.7 Å². The Balaban J connectivity index is 2.27. The summed E-state index contributed by atoms with van der Waals surface area (Å²) in [6, 6.07) is 5.83. The van der Waals surface area contributed by atoms with Crippen LogP contribution in [0.3, 0.4) is 0 Å². The van der Waals surface area contributed by atoms with Crippen LogP contribution in [0.15, 0.2) is 24.3 Å². The van der Waals surface area contributed by atoms with Gasteiger partial charge in [0.15, 0.2) is 0 Å². The highest BCUT2D eigenvalue weighted by Crippen LogP contribution is 2.33. The van der Waals surface area contributed by atoms with Gasteiger partial charge in [0.1, 0.15) is 5.82 Å². The molecule has 1 aliphatic rings.